The molecule has 0 amide bonds. The van der Waals surface area contributed by atoms with Crippen LogP contribution in [-0.2, 0) is 44.3 Å². The second-order valence-electron chi connectivity index (χ2n) is 14.5. The van der Waals surface area contributed by atoms with Crippen LogP contribution in [0.4, 0.5) is 35.1 Å². The van der Waals surface area contributed by atoms with E-state index in [0.717, 1.165) is 97.1 Å². The molecule has 0 radical (unpaired) electrons. The summed E-state index contributed by atoms with van der Waals surface area (Å²) in [5.74, 6) is -15.1. The van der Waals surface area contributed by atoms with E-state index in [1.807, 2.05) is 0 Å². The Balaban J connectivity index is 1.58. The van der Waals surface area contributed by atoms with E-state index in [2.05, 4.69) is 19.9 Å². The van der Waals surface area contributed by atoms with Gasteiger partial charge in [0.2, 0.25) is 0 Å². The van der Waals surface area contributed by atoms with Gasteiger partial charge < -0.3 is 28.2 Å². The molecule has 6 N–H and O–H groups in total. The maximum Gasteiger partial charge on any atom is 0.187 e. The molecule has 3 aromatic heterocycles. The molecule has 346 valence electrons. The van der Waals surface area contributed by atoms with Gasteiger partial charge in [0.15, 0.2) is 90.9 Å². The van der Waals surface area contributed by atoms with Crippen molar-refractivity contribution >= 4 is 89.7 Å². The highest BCUT2D eigenvalue weighted by Gasteiger charge is 2.35. The molecule has 0 spiro atoms. The van der Waals surface area contributed by atoms with Gasteiger partial charge in [-0.05, 0) is 70.8 Å². The van der Waals surface area contributed by atoms with Gasteiger partial charge in [-0.3, -0.25) is 0 Å². The van der Waals surface area contributed by atoms with Crippen molar-refractivity contribution in [2.75, 3.05) is 0 Å². The lowest BCUT2D eigenvalue weighted by atomic mass is 10.0. The van der Waals surface area contributed by atoms with E-state index in [0.29, 0.717) is 0 Å². The quantitative estimate of drug-likeness (QED) is 0.0627. The summed E-state index contributed by atoms with van der Waals surface area (Å²) in [6.45, 7) is 0. The average molecular weight is 1010 g/mol. The summed E-state index contributed by atoms with van der Waals surface area (Å²) in [4.78, 5) is 12.0. The molecule has 9 rings (SSSR count). The number of hydrogen-bond donors (Lipinski definition) is 6. The largest absolute Gasteiger partial charge is 0.349 e. The zero-order valence-electron chi connectivity index (χ0n) is 33.2. The molecule has 0 saturated carbocycles. The fourth-order valence-corrected chi connectivity index (χ4v) is 9.12. The third-order valence-corrected chi connectivity index (χ3v) is 13.5. The molecule has 2 aliphatic rings. The minimum Gasteiger partial charge on any atom is -0.349 e. The number of fused-ring (bicyclic) bond motifs is 8. The molecule has 0 aliphatic carbocycles. The average Bonchev–Trinajstić information content (AvgIpc) is 3.98. The summed E-state index contributed by atoms with van der Waals surface area (Å²) >= 11 is -10.5. The zero-order valence-corrected chi connectivity index (χ0v) is 36.5. The number of benzene rings is 4. The highest BCUT2D eigenvalue weighted by molar-refractivity contribution is 7.80. The Morgan fingerprint density at radius 3 is 0.662 bits per heavy atom. The van der Waals surface area contributed by atoms with E-state index in [-0.39, 0.29) is 41.8 Å². The first-order valence-electron chi connectivity index (χ1n) is 18.9. The highest BCUT2D eigenvalue weighted by Crippen LogP contribution is 2.48. The van der Waals surface area contributed by atoms with Crippen LogP contribution in [0.25, 0.3) is 89.9 Å². The van der Waals surface area contributed by atoms with Crippen molar-refractivity contribution in [3.05, 3.63) is 143 Å². The van der Waals surface area contributed by atoms with Gasteiger partial charge in [0.1, 0.15) is 22.8 Å². The van der Waals surface area contributed by atoms with Gasteiger partial charge >= 0.3 is 0 Å². The van der Waals surface area contributed by atoms with Gasteiger partial charge in [-0.2, -0.15) is 0 Å². The van der Waals surface area contributed by atoms with Crippen molar-refractivity contribution in [3.63, 3.8) is 0 Å². The molecule has 12 nitrogen and oxygen atoms in total. The molecule has 0 saturated heterocycles. The summed E-state index contributed by atoms with van der Waals surface area (Å²) in [6, 6.07) is 16.3. The summed E-state index contributed by atoms with van der Waals surface area (Å²) in [7, 11) is 0. The monoisotopic (exact) mass is 1010 g/mol. The van der Waals surface area contributed by atoms with Crippen molar-refractivity contribution in [2.24, 2.45) is 0 Å². The Hall–Kier alpha value is -6.64. The highest BCUT2D eigenvalue weighted by atomic mass is 32.2. The molecule has 8 bridgehead atoms. The molecule has 0 fully saturated rings. The van der Waals surface area contributed by atoms with Crippen LogP contribution in [0.5, 0.6) is 0 Å². The van der Waals surface area contributed by atoms with E-state index in [9.17, 15) is 35.0 Å². The number of halogens is 8. The number of H-pyrrole nitrogens is 2. The van der Waals surface area contributed by atoms with Crippen LogP contribution in [-0.4, -0.2) is 55.0 Å². The number of aromatic amines is 2. The maximum atomic E-state index is 16.9. The van der Waals surface area contributed by atoms with E-state index in [1.54, 1.807) is 0 Å². The lowest BCUT2D eigenvalue weighted by Crippen LogP contribution is -1.93. The van der Waals surface area contributed by atoms with E-state index in [1.165, 1.54) is 0 Å². The summed E-state index contributed by atoms with van der Waals surface area (Å²) in [5.41, 5.74) is -13.4. The lowest BCUT2D eigenvalue weighted by Gasteiger charge is -2.07. The van der Waals surface area contributed by atoms with Crippen LogP contribution in [0.2, 0.25) is 0 Å². The SMILES string of the molecule is O=S(O)c1ccc(-c2c3nc(c(-c4ccc(S(=O)O)cc4)c4[nH]c(c(F)c4F)c(-c4ccc(S(=O)O)cc4)c4nc(c(-c5ccc(S(=O)O)cc5)c5[nH]c2c(F)c5F)C(F)=C4F)C(F)=C3F)cc1. The van der Waals surface area contributed by atoms with Crippen LogP contribution >= 0.6 is 0 Å². The number of aromatic nitrogens is 4. The molecular weight excluding hydrogens is 993 g/mol. The molecule has 24 heteroatoms. The van der Waals surface area contributed by atoms with Gasteiger partial charge in [0.05, 0.1) is 41.6 Å². The predicted octanol–water partition coefficient (Wildman–Crippen LogP) is 11.4. The maximum absolute atomic E-state index is 16.9. The van der Waals surface area contributed by atoms with Crippen molar-refractivity contribution in [3.8, 4) is 44.5 Å². The first kappa shape index (κ1) is 46.5. The second kappa shape index (κ2) is 17.8. The summed E-state index contributed by atoms with van der Waals surface area (Å²) in [6.07, 6.45) is 0. The smallest absolute Gasteiger partial charge is 0.187 e. The molecule has 68 heavy (non-hydrogen) atoms. The second-order valence-corrected chi connectivity index (χ2v) is 18.4. The van der Waals surface area contributed by atoms with Crippen molar-refractivity contribution in [2.45, 2.75) is 19.6 Å². The van der Waals surface area contributed by atoms with Crippen LogP contribution in [0.1, 0.15) is 22.8 Å². The number of nitrogens with one attached hydrogen (secondary N) is 2. The summed E-state index contributed by atoms with van der Waals surface area (Å²) in [5, 5.41) is 0. The normalized spacial score (nSPS) is 14.6. The third kappa shape index (κ3) is 7.76. The molecule has 7 aromatic rings. The van der Waals surface area contributed by atoms with E-state index >= 15 is 35.1 Å². The van der Waals surface area contributed by atoms with Gasteiger partial charge in [-0.1, -0.05) is 48.5 Å². The standard InChI is InChI=1S/C44H22F8N4O8S4/c45-29-31(47)39-26(18-3-11-22(12-4-18)66(59)60)41-33(49)35(51)43(55-41)28(20-7-15-24(16-8-20)68(63)64)44-36(52)34(50)42(56-44)27(19-5-13-23(14-6-19)67(61)62)40-32(48)30(46)38(54-40)25(37(29)53-39)17-1-9-21(10-2-17)65(57)58/h1-16,53,56H,(H,57,58)(H,59,60)(H,61,62)(H,63,64). The fourth-order valence-electron chi connectivity index (χ4n) is 7.65. The number of rotatable bonds is 8. The molecule has 5 heterocycles. The molecule has 4 unspecified atom stereocenters. The first-order chi connectivity index (χ1) is 32.4. The lowest BCUT2D eigenvalue weighted by molar-refractivity contribution is 0.529. The van der Waals surface area contributed by atoms with Crippen molar-refractivity contribution < 1.29 is 70.2 Å². The molecule has 4 aromatic carbocycles. The molecular formula is C44H22F8N4O8S4. The van der Waals surface area contributed by atoms with Crippen LogP contribution < -0.4 is 0 Å². The van der Waals surface area contributed by atoms with Crippen LogP contribution in [0.3, 0.4) is 0 Å². The van der Waals surface area contributed by atoms with Gasteiger partial charge in [-0.25, -0.2) is 61.9 Å². The molecule has 2 aliphatic heterocycles. The Morgan fingerprint density at radius 1 is 0.324 bits per heavy atom. The van der Waals surface area contributed by atoms with Crippen LogP contribution in [0, 0.1) is 23.3 Å². The topological polar surface area (TPSA) is 207 Å². The minimum absolute atomic E-state index is 0.249. The molecule has 4 atom stereocenters. The van der Waals surface area contributed by atoms with Gasteiger partial charge in [-0.15, -0.1) is 0 Å². The number of nitrogens with zero attached hydrogens (tertiary/aromatic N) is 2. The number of hydrogen-bond acceptors (Lipinski definition) is 6. The van der Waals surface area contributed by atoms with Crippen molar-refractivity contribution in [1.29, 1.82) is 0 Å². The Bertz CT molecular complexity index is 3190. The Labute approximate surface area is 385 Å². The first-order valence-corrected chi connectivity index (χ1v) is 23.3. The summed E-state index contributed by atoms with van der Waals surface area (Å²) < 4.78 is 221. The fraction of sp³-hybridized carbons (Fsp3) is 0. The third-order valence-electron chi connectivity index (χ3n) is 10.8. The van der Waals surface area contributed by atoms with E-state index in [4.69, 9.17) is 0 Å². The predicted molar refractivity (Wildman–Crippen MR) is 237 cm³/mol. The van der Waals surface area contributed by atoms with E-state index < -0.39 is 158 Å². The Kier molecular flexibility index (Phi) is 12.2. The van der Waals surface area contributed by atoms with Crippen molar-refractivity contribution in [1.82, 2.24) is 19.9 Å². The van der Waals surface area contributed by atoms with Crippen LogP contribution in [0.15, 0.2) is 117 Å². The minimum atomic E-state index is -2.61. The zero-order chi connectivity index (χ0) is 48.6. The Morgan fingerprint density at radius 2 is 0.500 bits per heavy atom. The van der Waals surface area contributed by atoms with Gasteiger partial charge in [0.25, 0.3) is 0 Å². The van der Waals surface area contributed by atoms with Gasteiger partial charge in [0, 0.05) is 22.3 Å².